The van der Waals surface area contributed by atoms with Gasteiger partial charge in [-0.1, -0.05) is 13.5 Å². The fraction of sp³-hybridized carbons (Fsp3) is 0.667. The molecule has 4 nitrogen and oxygen atoms in total. The van der Waals surface area contributed by atoms with Gasteiger partial charge in [0, 0.05) is 11.8 Å². The lowest BCUT2D eigenvalue weighted by Gasteiger charge is -2.33. The Balaban J connectivity index is 2.77. The van der Waals surface area contributed by atoms with Gasteiger partial charge in [-0.3, -0.25) is 0 Å². The Morgan fingerprint density at radius 1 is 1.50 bits per heavy atom. The lowest BCUT2D eigenvalue weighted by Crippen LogP contribution is -2.28. The summed E-state index contributed by atoms with van der Waals surface area (Å²) in [6.45, 7) is 7.90. The van der Waals surface area contributed by atoms with Gasteiger partial charge in [-0.15, -0.1) is 0 Å². The number of ether oxygens (including phenoxy) is 1. The van der Waals surface area contributed by atoms with Crippen molar-refractivity contribution in [3.63, 3.8) is 0 Å². The molecule has 1 aliphatic rings. The van der Waals surface area contributed by atoms with Crippen LogP contribution in [0.15, 0.2) is 24.2 Å². The van der Waals surface area contributed by atoms with E-state index in [2.05, 4.69) is 10.8 Å². The molecule has 0 spiro atoms. The summed E-state index contributed by atoms with van der Waals surface area (Å²) in [7, 11) is -5.59. The number of allylic oxidation sites excluding steroid dienone is 3. The first-order chi connectivity index (χ1) is 9.02. The third kappa shape index (κ3) is 3.68. The zero-order valence-corrected chi connectivity index (χ0v) is 12.1. The highest BCUT2D eigenvalue weighted by atomic mass is 32.2. The molecule has 0 saturated heterocycles. The molecule has 0 fully saturated rings. The number of rotatable bonds is 5. The van der Waals surface area contributed by atoms with E-state index in [1.165, 1.54) is 6.08 Å². The van der Waals surface area contributed by atoms with Crippen LogP contribution in [0.1, 0.15) is 33.1 Å². The molecule has 0 aromatic carbocycles. The first-order valence-electron chi connectivity index (χ1n) is 6.04. The molecule has 0 heterocycles. The van der Waals surface area contributed by atoms with Crippen molar-refractivity contribution in [2.75, 3.05) is 6.61 Å². The molecule has 0 saturated carbocycles. The third-order valence-electron chi connectivity index (χ3n) is 3.20. The van der Waals surface area contributed by atoms with Crippen molar-refractivity contribution in [3.05, 3.63) is 24.2 Å². The Labute approximate surface area is 116 Å². The summed E-state index contributed by atoms with van der Waals surface area (Å²) in [6.07, 6.45) is 2.15. The Hall–Kier alpha value is -1.18. The zero-order valence-electron chi connectivity index (χ0n) is 11.3. The van der Waals surface area contributed by atoms with Gasteiger partial charge in [-0.05, 0) is 25.8 Å². The maximum atomic E-state index is 12.2. The van der Waals surface area contributed by atoms with Crippen LogP contribution in [0.5, 0.6) is 0 Å². The van der Waals surface area contributed by atoms with Gasteiger partial charge in [0.2, 0.25) is 0 Å². The van der Waals surface area contributed by atoms with Gasteiger partial charge >= 0.3 is 15.6 Å². The van der Waals surface area contributed by atoms with E-state index in [1.54, 1.807) is 6.92 Å². The molecule has 0 radical (unpaired) electrons. The molecule has 1 atom stereocenters. The third-order valence-corrected chi connectivity index (χ3v) is 4.20. The summed E-state index contributed by atoms with van der Waals surface area (Å²) in [5, 5.41) is 0. The average molecular weight is 314 g/mol. The molecule has 0 aromatic heterocycles. The monoisotopic (exact) mass is 314 g/mol. The van der Waals surface area contributed by atoms with Crippen molar-refractivity contribution in [2.24, 2.45) is 5.41 Å². The molecule has 1 rings (SSSR count). The second-order valence-corrected chi connectivity index (χ2v) is 6.31. The molecule has 0 amide bonds. The van der Waals surface area contributed by atoms with Crippen LogP contribution in [0.3, 0.4) is 0 Å². The first-order valence-corrected chi connectivity index (χ1v) is 7.44. The molecule has 0 bridgehead atoms. The van der Waals surface area contributed by atoms with E-state index < -0.39 is 21.0 Å². The molecular formula is C12H17F3O4S. The van der Waals surface area contributed by atoms with Crippen molar-refractivity contribution < 1.29 is 30.5 Å². The predicted molar refractivity (Wildman–Crippen MR) is 66.9 cm³/mol. The zero-order chi connectivity index (χ0) is 15.6. The van der Waals surface area contributed by atoms with Gasteiger partial charge < -0.3 is 8.92 Å². The van der Waals surface area contributed by atoms with Gasteiger partial charge in [0.1, 0.15) is 5.76 Å². The molecule has 116 valence electrons. The van der Waals surface area contributed by atoms with Crippen LogP contribution in [0.2, 0.25) is 0 Å². The fourth-order valence-electron chi connectivity index (χ4n) is 1.81. The predicted octanol–water partition coefficient (Wildman–Crippen LogP) is 3.48. The van der Waals surface area contributed by atoms with Crippen molar-refractivity contribution in [3.8, 4) is 0 Å². The molecular weight excluding hydrogens is 297 g/mol. The summed E-state index contributed by atoms with van der Waals surface area (Å²) in [5.74, 6) is 0.345. The first kappa shape index (κ1) is 16.9. The standard InChI is InChI=1S/C12H17F3O4S/c1-4-18-9(2)11(3)7-5-10(6-8-11)19-20(16,17)12(13,14)15/h5H,2,4,6-8H2,1,3H3. The fourth-order valence-corrected chi connectivity index (χ4v) is 2.34. The Morgan fingerprint density at radius 2 is 2.10 bits per heavy atom. The Bertz CT molecular complexity index is 507. The minimum absolute atomic E-state index is 0.0813. The summed E-state index contributed by atoms with van der Waals surface area (Å²) >= 11 is 0. The quantitative estimate of drug-likeness (QED) is 0.443. The number of hydrogen-bond donors (Lipinski definition) is 0. The molecule has 0 N–H and O–H groups in total. The van der Waals surface area contributed by atoms with Crippen molar-refractivity contribution in [1.29, 1.82) is 0 Å². The topological polar surface area (TPSA) is 52.6 Å². The van der Waals surface area contributed by atoms with Crippen LogP contribution in [-0.4, -0.2) is 20.5 Å². The van der Waals surface area contributed by atoms with Gasteiger partial charge in [0.05, 0.1) is 12.4 Å². The molecule has 0 aromatic rings. The largest absolute Gasteiger partial charge is 0.534 e. The van der Waals surface area contributed by atoms with E-state index >= 15 is 0 Å². The van der Waals surface area contributed by atoms with E-state index in [0.29, 0.717) is 25.2 Å². The van der Waals surface area contributed by atoms with Crippen LogP contribution in [0.25, 0.3) is 0 Å². The van der Waals surface area contributed by atoms with Crippen molar-refractivity contribution >= 4 is 10.1 Å². The highest BCUT2D eigenvalue weighted by Crippen LogP contribution is 2.42. The van der Waals surface area contributed by atoms with Gasteiger partial charge in [-0.25, -0.2) is 0 Å². The summed E-state index contributed by atoms with van der Waals surface area (Å²) in [5.41, 5.74) is -5.84. The number of alkyl halides is 3. The Kier molecular flexibility index (Phi) is 4.78. The molecule has 20 heavy (non-hydrogen) atoms. The van der Waals surface area contributed by atoms with E-state index in [4.69, 9.17) is 4.74 Å². The van der Waals surface area contributed by atoms with E-state index in [9.17, 15) is 21.6 Å². The van der Waals surface area contributed by atoms with Gasteiger partial charge in [-0.2, -0.15) is 21.6 Å². The van der Waals surface area contributed by atoms with E-state index in [0.717, 1.165) is 0 Å². The van der Waals surface area contributed by atoms with Crippen LogP contribution in [-0.2, 0) is 19.0 Å². The molecule has 1 unspecified atom stereocenters. The average Bonchev–Trinajstić information content (AvgIpc) is 2.31. The van der Waals surface area contributed by atoms with Gasteiger partial charge in [0.25, 0.3) is 0 Å². The summed E-state index contributed by atoms with van der Waals surface area (Å²) < 4.78 is 67.8. The van der Waals surface area contributed by atoms with Crippen molar-refractivity contribution in [1.82, 2.24) is 0 Å². The van der Waals surface area contributed by atoms with Crippen molar-refractivity contribution in [2.45, 2.75) is 38.6 Å². The molecule has 1 aliphatic carbocycles. The highest BCUT2D eigenvalue weighted by molar-refractivity contribution is 7.87. The minimum atomic E-state index is -5.59. The SMILES string of the molecule is C=C(OCC)C1(C)CC=C(OS(=O)(=O)C(F)(F)F)CC1. The summed E-state index contributed by atoms with van der Waals surface area (Å²) in [4.78, 5) is 0. The van der Waals surface area contributed by atoms with E-state index in [-0.39, 0.29) is 12.2 Å². The second-order valence-electron chi connectivity index (χ2n) is 4.77. The second kappa shape index (κ2) is 5.67. The van der Waals surface area contributed by atoms with E-state index in [1.807, 2.05) is 6.92 Å². The Morgan fingerprint density at radius 3 is 2.50 bits per heavy atom. The smallest absolute Gasteiger partial charge is 0.498 e. The molecule has 8 heteroatoms. The summed E-state index contributed by atoms with van der Waals surface area (Å²) in [6, 6.07) is 0. The van der Waals surface area contributed by atoms with Gasteiger partial charge in [0.15, 0.2) is 0 Å². The number of hydrogen-bond acceptors (Lipinski definition) is 4. The number of halogens is 3. The van der Waals surface area contributed by atoms with Crippen LogP contribution < -0.4 is 0 Å². The highest BCUT2D eigenvalue weighted by Gasteiger charge is 2.49. The maximum absolute atomic E-state index is 12.2. The normalized spacial score (nSPS) is 23.9. The van der Waals surface area contributed by atoms with Crippen LogP contribution >= 0.6 is 0 Å². The lowest BCUT2D eigenvalue weighted by atomic mass is 9.77. The lowest BCUT2D eigenvalue weighted by molar-refractivity contribution is -0.0525. The van der Waals surface area contributed by atoms with Crippen LogP contribution in [0.4, 0.5) is 13.2 Å². The van der Waals surface area contributed by atoms with Crippen LogP contribution in [0, 0.1) is 5.41 Å². The maximum Gasteiger partial charge on any atom is 0.534 e. The minimum Gasteiger partial charge on any atom is -0.498 e. The molecule has 0 aliphatic heterocycles.